The SMILES string of the molecule is CCC(c1ccc(SCC2CC2)cc1)c1nc2cc(-c3ccccc3OC(C)C)c(Cl)cc2[nH]1.NC=O. The molecule has 1 unspecified atom stereocenters. The molecule has 1 aliphatic rings. The van der Waals surface area contributed by atoms with E-state index in [1.807, 2.05) is 49.9 Å². The molecular formula is C30H34ClN3O2S. The van der Waals surface area contributed by atoms with Gasteiger partial charge in [-0.25, -0.2) is 4.98 Å². The Morgan fingerprint density at radius 1 is 1.14 bits per heavy atom. The van der Waals surface area contributed by atoms with Gasteiger partial charge in [0, 0.05) is 27.7 Å². The molecule has 5 nitrogen and oxygen atoms in total. The number of hydrogen-bond donors (Lipinski definition) is 2. The number of nitrogens with one attached hydrogen (secondary N) is 1. The minimum atomic E-state index is 0.0875. The number of aromatic amines is 1. The van der Waals surface area contributed by atoms with Crippen molar-refractivity contribution in [1.82, 2.24) is 9.97 Å². The second-order valence-electron chi connectivity index (χ2n) is 9.55. The molecule has 3 N–H and O–H groups in total. The number of H-pyrrole nitrogens is 1. The van der Waals surface area contributed by atoms with Crippen molar-refractivity contribution in [3.8, 4) is 16.9 Å². The molecule has 37 heavy (non-hydrogen) atoms. The lowest BCUT2D eigenvalue weighted by Gasteiger charge is -2.15. The number of halogens is 1. The van der Waals surface area contributed by atoms with Crippen molar-refractivity contribution in [3.05, 3.63) is 77.1 Å². The average Bonchev–Trinajstić information content (AvgIpc) is 3.62. The second kappa shape index (κ2) is 12.5. The Morgan fingerprint density at radius 2 is 1.84 bits per heavy atom. The number of hydrogen-bond acceptors (Lipinski definition) is 4. The molecule has 1 saturated carbocycles. The fourth-order valence-corrected chi connectivity index (χ4v) is 5.70. The molecule has 1 heterocycles. The van der Waals surface area contributed by atoms with Gasteiger partial charge in [-0.1, -0.05) is 48.9 Å². The maximum atomic E-state index is 8.58. The highest BCUT2D eigenvalue weighted by Crippen LogP contribution is 2.39. The van der Waals surface area contributed by atoms with E-state index in [1.165, 1.54) is 29.1 Å². The number of nitrogens with two attached hydrogens (primary N) is 1. The molecule has 3 aromatic carbocycles. The van der Waals surface area contributed by atoms with Crippen LogP contribution in [0.15, 0.2) is 65.6 Å². The second-order valence-corrected chi connectivity index (χ2v) is 11.1. The Morgan fingerprint density at radius 3 is 2.49 bits per heavy atom. The first-order chi connectivity index (χ1) is 17.9. The molecule has 1 atom stereocenters. The third-order valence-corrected chi connectivity index (χ3v) is 7.89. The number of ether oxygens (including phenoxy) is 1. The zero-order valence-corrected chi connectivity index (χ0v) is 23.1. The van der Waals surface area contributed by atoms with Crippen molar-refractivity contribution in [1.29, 1.82) is 0 Å². The number of benzene rings is 3. The van der Waals surface area contributed by atoms with Crippen molar-refractivity contribution in [2.75, 3.05) is 5.75 Å². The van der Waals surface area contributed by atoms with Crippen molar-refractivity contribution in [2.45, 2.75) is 57.0 Å². The first-order valence-corrected chi connectivity index (χ1v) is 14.1. The van der Waals surface area contributed by atoms with Crippen LogP contribution in [0.2, 0.25) is 5.02 Å². The van der Waals surface area contributed by atoms with Gasteiger partial charge in [0.05, 0.1) is 22.2 Å². The molecule has 7 heteroatoms. The number of aromatic nitrogens is 2. The molecular weight excluding hydrogens is 502 g/mol. The summed E-state index contributed by atoms with van der Waals surface area (Å²) in [4.78, 5) is 18.5. The number of amides is 1. The Hall–Kier alpha value is -2.96. The smallest absolute Gasteiger partial charge is 0.204 e. The molecule has 0 bridgehead atoms. The fraction of sp³-hybridized carbons (Fsp3) is 0.333. The average molecular weight is 536 g/mol. The number of primary amides is 1. The van der Waals surface area contributed by atoms with E-state index in [4.69, 9.17) is 26.1 Å². The summed E-state index contributed by atoms with van der Waals surface area (Å²) in [5.74, 6) is 4.21. The number of carbonyl (C=O) groups excluding carboxylic acids is 1. The Labute approximate surface area is 228 Å². The van der Waals surface area contributed by atoms with E-state index in [-0.39, 0.29) is 18.4 Å². The van der Waals surface area contributed by atoms with Gasteiger partial charge in [-0.15, -0.1) is 11.8 Å². The van der Waals surface area contributed by atoms with Crippen LogP contribution in [-0.2, 0) is 4.79 Å². The van der Waals surface area contributed by atoms with Gasteiger partial charge < -0.3 is 15.5 Å². The minimum absolute atomic E-state index is 0.0875. The molecule has 1 aromatic heterocycles. The monoisotopic (exact) mass is 535 g/mol. The lowest BCUT2D eigenvalue weighted by molar-refractivity contribution is -0.106. The van der Waals surface area contributed by atoms with E-state index in [0.717, 1.165) is 46.1 Å². The lowest BCUT2D eigenvalue weighted by Crippen LogP contribution is -2.06. The van der Waals surface area contributed by atoms with Crippen LogP contribution in [0.3, 0.4) is 0 Å². The number of thioether (sulfide) groups is 1. The number of nitrogens with zero attached hydrogens (tertiary/aromatic N) is 1. The van der Waals surface area contributed by atoms with Gasteiger partial charge in [0.25, 0.3) is 0 Å². The summed E-state index contributed by atoms with van der Waals surface area (Å²) in [7, 11) is 0. The Balaban J connectivity index is 0.00000102. The highest BCUT2D eigenvalue weighted by molar-refractivity contribution is 7.99. The van der Waals surface area contributed by atoms with E-state index in [2.05, 4.69) is 54.0 Å². The van der Waals surface area contributed by atoms with Crippen molar-refractivity contribution >= 4 is 40.8 Å². The van der Waals surface area contributed by atoms with E-state index in [9.17, 15) is 0 Å². The van der Waals surface area contributed by atoms with Gasteiger partial charge in [0.1, 0.15) is 11.6 Å². The summed E-state index contributed by atoms with van der Waals surface area (Å²) in [6, 6.07) is 21.1. The van der Waals surface area contributed by atoms with E-state index in [0.29, 0.717) is 5.02 Å². The molecule has 194 valence electrons. The molecule has 1 fully saturated rings. The van der Waals surface area contributed by atoms with Crippen LogP contribution in [0.5, 0.6) is 5.75 Å². The van der Waals surface area contributed by atoms with Gasteiger partial charge in [0.2, 0.25) is 6.41 Å². The van der Waals surface area contributed by atoms with Crippen LogP contribution < -0.4 is 10.5 Å². The third-order valence-electron chi connectivity index (χ3n) is 6.33. The molecule has 0 aliphatic heterocycles. The zero-order chi connectivity index (χ0) is 26.4. The first-order valence-electron chi connectivity index (χ1n) is 12.8. The number of fused-ring (bicyclic) bond motifs is 1. The van der Waals surface area contributed by atoms with Gasteiger partial charge in [-0.05, 0) is 74.9 Å². The molecule has 0 spiro atoms. The Bertz CT molecular complexity index is 1330. The summed E-state index contributed by atoms with van der Waals surface area (Å²) in [6.45, 7) is 6.28. The van der Waals surface area contributed by atoms with E-state index >= 15 is 0 Å². The summed E-state index contributed by atoms with van der Waals surface area (Å²) in [5, 5.41) is 0.688. The highest BCUT2D eigenvalue weighted by Gasteiger charge is 2.22. The van der Waals surface area contributed by atoms with E-state index in [1.54, 1.807) is 0 Å². The van der Waals surface area contributed by atoms with Crippen molar-refractivity contribution in [2.24, 2.45) is 11.7 Å². The zero-order valence-electron chi connectivity index (χ0n) is 21.5. The van der Waals surface area contributed by atoms with Crippen LogP contribution in [0.1, 0.15) is 57.3 Å². The van der Waals surface area contributed by atoms with Crippen molar-refractivity contribution < 1.29 is 9.53 Å². The summed E-state index contributed by atoms with van der Waals surface area (Å²) in [6.07, 6.45) is 4.11. The highest BCUT2D eigenvalue weighted by atomic mass is 35.5. The predicted molar refractivity (Wildman–Crippen MR) is 155 cm³/mol. The topological polar surface area (TPSA) is 81.0 Å². The number of para-hydroxylation sites is 1. The molecule has 0 saturated heterocycles. The largest absolute Gasteiger partial charge is 0.490 e. The van der Waals surface area contributed by atoms with Crippen LogP contribution in [0.25, 0.3) is 22.2 Å². The van der Waals surface area contributed by atoms with Gasteiger partial charge in [0.15, 0.2) is 0 Å². The fourth-order valence-electron chi connectivity index (χ4n) is 4.35. The standard InChI is InChI=1S/C29H31ClN2OS.CH3NO/c1-4-22(20-11-13-21(14-12-20)34-17-19-9-10-19)29-31-26-15-24(25(30)16-27(26)32-29)23-7-5-6-8-28(23)33-18(2)3;2-1-3/h5-8,11-16,18-19,22H,4,9-10,17H2,1-3H3,(H,31,32);1H,(H2,2,3). The van der Waals surface area contributed by atoms with Gasteiger partial charge >= 0.3 is 0 Å². The van der Waals surface area contributed by atoms with Crippen LogP contribution in [0, 0.1) is 5.92 Å². The summed E-state index contributed by atoms with van der Waals surface area (Å²) < 4.78 is 6.04. The molecule has 1 aliphatic carbocycles. The maximum Gasteiger partial charge on any atom is 0.204 e. The van der Waals surface area contributed by atoms with Gasteiger partial charge in [-0.3, -0.25) is 4.79 Å². The lowest BCUT2D eigenvalue weighted by atomic mass is 9.96. The minimum Gasteiger partial charge on any atom is -0.490 e. The molecule has 4 aromatic rings. The van der Waals surface area contributed by atoms with Crippen LogP contribution in [0.4, 0.5) is 0 Å². The normalized spacial score (nSPS) is 13.8. The number of rotatable bonds is 9. The molecule has 1 amide bonds. The van der Waals surface area contributed by atoms with Crippen molar-refractivity contribution in [3.63, 3.8) is 0 Å². The van der Waals surface area contributed by atoms with Crippen LogP contribution in [-0.4, -0.2) is 28.2 Å². The first kappa shape index (κ1) is 27.1. The summed E-state index contributed by atoms with van der Waals surface area (Å²) >= 11 is 8.73. The maximum absolute atomic E-state index is 8.58. The quantitative estimate of drug-likeness (QED) is 0.169. The molecule has 5 rings (SSSR count). The Kier molecular flexibility index (Phi) is 9.17. The summed E-state index contributed by atoms with van der Waals surface area (Å²) in [5.41, 5.74) is 9.26. The van der Waals surface area contributed by atoms with E-state index < -0.39 is 0 Å². The predicted octanol–water partition coefficient (Wildman–Crippen LogP) is 7.82. The number of imidazole rings is 1. The number of carbonyl (C=O) groups is 1. The van der Waals surface area contributed by atoms with Gasteiger partial charge in [-0.2, -0.15) is 0 Å². The third kappa shape index (κ3) is 6.88. The van der Waals surface area contributed by atoms with Crippen LogP contribution >= 0.6 is 23.4 Å². The molecule has 0 radical (unpaired) electrons.